The number of methoxy groups -OCH3 is 1. The van der Waals surface area contributed by atoms with Crippen LogP contribution in [0.15, 0.2) is 24.3 Å². The molecule has 0 aliphatic heterocycles. The Balaban J connectivity index is 1.84. The van der Waals surface area contributed by atoms with Crippen molar-refractivity contribution >= 4 is 5.57 Å². The van der Waals surface area contributed by atoms with Gasteiger partial charge < -0.3 is 14.6 Å². The second-order valence-corrected chi connectivity index (χ2v) is 5.69. The van der Waals surface area contributed by atoms with E-state index in [1.165, 1.54) is 18.4 Å². The molecule has 1 saturated carbocycles. The summed E-state index contributed by atoms with van der Waals surface area (Å²) < 4.78 is 11.5. The normalized spacial score (nSPS) is 22.9. The average molecular weight is 274 g/mol. The maximum absolute atomic E-state index is 9.63. The second-order valence-electron chi connectivity index (χ2n) is 5.69. The highest BCUT2D eigenvalue weighted by Gasteiger charge is 2.20. The van der Waals surface area contributed by atoms with Gasteiger partial charge in [-0.2, -0.15) is 0 Å². The first-order valence-corrected chi connectivity index (χ1v) is 7.50. The third-order valence-corrected chi connectivity index (χ3v) is 4.23. The van der Waals surface area contributed by atoms with Crippen molar-refractivity contribution in [1.29, 1.82) is 0 Å². The Labute approximate surface area is 120 Å². The van der Waals surface area contributed by atoms with Crippen molar-refractivity contribution in [3.63, 3.8) is 0 Å². The van der Waals surface area contributed by atoms with Gasteiger partial charge in [0.1, 0.15) is 0 Å². The van der Waals surface area contributed by atoms with Gasteiger partial charge in [0.15, 0.2) is 11.5 Å². The number of allylic oxidation sites excluding steroid dienone is 1. The Morgan fingerprint density at radius 2 is 1.90 bits per heavy atom. The summed E-state index contributed by atoms with van der Waals surface area (Å²) in [6.45, 7) is 0. The van der Waals surface area contributed by atoms with Crippen molar-refractivity contribution in [2.75, 3.05) is 7.11 Å². The lowest BCUT2D eigenvalue weighted by Crippen LogP contribution is -2.11. The molecule has 0 amide bonds. The van der Waals surface area contributed by atoms with Crippen LogP contribution in [0.2, 0.25) is 0 Å². The van der Waals surface area contributed by atoms with Gasteiger partial charge in [0.25, 0.3) is 0 Å². The molecule has 1 unspecified atom stereocenters. The van der Waals surface area contributed by atoms with Crippen LogP contribution in [0.25, 0.3) is 5.57 Å². The molecule has 20 heavy (non-hydrogen) atoms. The third-order valence-electron chi connectivity index (χ3n) is 4.23. The molecule has 0 spiro atoms. The van der Waals surface area contributed by atoms with Gasteiger partial charge in [-0.1, -0.05) is 12.1 Å². The molecule has 0 saturated heterocycles. The predicted octanol–water partition coefficient (Wildman–Crippen LogP) is 3.55. The van der Waals surface area contributed by atoms with Crippen molar-refractivity contribution in [3.05, 3.63) is 29.8 Å². The maximum atomic E-state index is 9.63. The van der Waals surface area contributed by atoms with Crippen molar-refractivity contribution < 1.29 is 14.6 Å². The lowest BCUT2D eigenvalue weighted by atomic mass is 10.0. The lowest BCUT2D eigenvalue weighted by Gasteiger charge is -2.17. The molecule has 2 aliphatic rings. The van der Waals surface area contributed by atoms with E-state index in [0.717, 1.165) is 42.7 Å². The molecule has 3 nitrogen and oxygen atoms in total. The van der Waals surface area contributed by atoms with Crippen LogP contribution in [0.4, 0.5) is 0 Å². The number of ether oxygens (including phenoxy) is 2. The SMILES string of the molecule is COc1ccc(C2=CC(O)CC2)cc1OC1CCCC1. The number of hydrogen-bond acceptors (Lipinski definition) is 3. The largest absolute Gasteiger partial charge is 0.493 e. The zero-order valence-electron chi connectivity index (χ0n) is 12.0. The van der Waals surface area contributed by atoms with Gasteiger partial charge in [0.2, 0.25) is 0 Å². The molecule has 2 aliphatic carbocycles. The average Bonchev–Trinajstić information content (AvgIpc) is 3.10. The fourth-order valence-electron chi connectivity index (χ4n) is 3.10. The highest BCUT2D eigenvalue weighted by Crippen LogP contribution is 2.36. The van der Waals surface area contributed by atoms with E-state index in [2.05, 4.69) is 6.07 Å². The molecule has 3 heteroatoms. The number of hydrogen-bond donors (Lipinski definition) is 1. The van der Waals surface area contributed by atoms with Crippen LogP contribution in [-0.2, 0) is 0 Å². The smallest absolute Gasteiger partial charge is 0.162 e. The summed E-state index contributed by atoms with van der Waals surface area (Å²) >= 11 is 0. The zero-order valence-corrected chi connectivity index (χ0v) is 12.0. The Kier molecular flexibility index (Phi) is 3.97. The van der Waals surface area contributed by atoms with Crippen molar-refractivity contribution in [2.45, 2.75) is 50.7 Å². The number of rotatable bonds is 4. The second kappa shape index (κ2) is 5.88. The molecule has 0 aromatic heterocycles. The van der Waals surface area contributed by atoms with Crippen LogP contribution in [-0.4, -0.2) is 24.4 Å². The zero-order chi connectivity index (χ0) is 13.9. The van der Waals surface area contributed by atoms with Crippen LogP contribution in [0, 0.1) is 0 Å². The fraction of sp³-hybridized carbons (Fsp3) is 0.529. The summed E-state index contributed by atoms with van der Waals surface area (Å²) in [5, 5.41) is 9.63. The minimum absolute atomic E-state index is 0.300. The summed E-state index contributed by atoms with van der Waals surface area (Å²) in [6, 6.07) is 6.07. The standard InChI is InChI=1S/C17H22O3/c1-19-16-9-7-13(12-6-8-14(18)10-12)11-17(16)20-15-4-2-3-5-15/h7,9-11,14-15,18H,2-6,8H2,1H3. The summed E-state index contributed by atoms with van der Waals surface area (Å²) in [6.07, 6.45) is 8.49. The van der Waals surface area contributed by atoms with Gasteiger partial charge in [-0.3, -0.25) is 0 Å². The Bertz CT molecular complexity index is 501. The molecule has 108 valence electrons. The Morgan fingerprint density at radius 3 is 2.55 bits per heavy atom. The van der Waals surface area contributed by atoms with Gasteiger partial charge in [0, 0.05) is 0 Å². The van der Waals surface area contributed by atoms with Crippen LogP contribution in [0.1, 0.15) is 44.1 Å². The maximum Gasteiger partial charge on any atom is 0.162 e. The van der Waals surface area contributed by atoms with Crippen LogP contribution < -0.4 is 9.47 Å². The Hall–Kier alpha value is -1.48. The highest BCUT2D eigenvalue weighted by atomic mass is 16.5. The van der Waals surface area contributed by atoms with E-state index in [-0.39, 0.29) is 6.10 Å². The summed E-state index contributed by atoms with van der Waals surface area (Å²) in [7, 11) is 1.68. The topological polar surface area (TPSA) is 38.7 Å². The summed E-state index contributed by atoms with van der Waals surface area (Å²) in [5.41, 5.74) is 2.34. The first-order chi connectivity index (χ1) is 9.76. The number of aliphatic hydroxyl groups is 1. The predicted molar refractivity (Wildman–Crippen MR) is 79.1 cm³/mol. The van der Waals surface area contributed by atoms with Crippen LogP contribution in [0.5, 0.6) is 11.5 Å². The monoisotopic (exact) mass is 274 g/mol. The molecule has 0 heterocycles. The van der Waals surface area contributed by atoms with E-state index in [1.807, 2.05) is 18.2 Å². The van der Waals surface area contributed by atoms with Gasteiger partial charge in [-0.15, -0.1) is 0 Å². The van der Waals surface area contributed by atoms with E-state index in [0.29, 0.717) is 6.10 Å². The van der Waals surface area contributed by atoms with Crippen molar-refractivity contribution in [2.24, 2.45) is 0 Å². The minimum Gasteiger partial charge on any atom is -0.493 e. The number of benzene rings is 1. The molecule has 1 aromatic carbocycles. The number of aliphatic hydroxyl groups excluding tert-OH is 1. The fourth-order valence-corrected chi connectivity index (χ4v) is 3.10. The molecular formula is C17H22O3. The quantitative estimate of drug-likeness (QED) is 0.912. The van der Waals surface area contributed by atoms with Crippen molar-refractivity contribution in [3.8, 4) is 11.5 Å². The Morgan fingerprint density at radius 1 is 1.10 bits per heavy atom. The van der Waals surface area contributed by atoms with Gasteiger partial charge in [0.05, 0.1) is 19.3 Å². The van der Waals surface area contributed by atoms with Crippen molar-refractivity contribution in [1.82, 2.24) is 0 Å². The third kappa shape index (κ3) is 2.83. The van der Waals surface area contributed by atoms with E-state index in [4.69, 9.17) is 9.47 Å². The molecule has 1 aromatic rings. The molecule has 1 atom stereocenters. The molecule has 3 rings (SSSR count). The molecule has 1 N–H and O–H groups in total. The molecule has 1 fully saturated rings. The van der Waals surface area contributed by atoms with Gasteiger partial charge in [-0.25, -0.2) is 0 Å². The van der Waals surface area contributed by atoms with Gasteiger partial charge >= 0.3 is 0 Å². The lowest BCUT2D eigenvalue weighted by molar-refractivity contribution is 0.200. The van der Waals surface area contributed by atoms with Crippen LogP contribution >= 0.6 is 0 Å². The minimum atomic E-state index is -0.300. The van der Waals surface area contributed by atoms with Gasteiger partial charge in [-0.05, 0) is 61.8 Å². The first-order valence-electron chi connectivity index (χ1n) is 7.50. The van der Waals surface area contributed by atoms with E-state index >= 15 is 0 Å². The molecule has 0 bridgehead atoms. The van der Waals surface area contributed by atoms with E-state index in [1.54, 1.807) is 7.11 Å². The van der Waals surface area contributed by atoms with E-state index < -0.39 is 0 Å². The molecular weight excluding hydrogens is 252 g/mol. The molecule has 0 radical (unpaired) electrons. The first kappa shape index (κ1) is 13.5. The summed E-state index contributed by atoms with van der Waals surface area (Å²) in [5.74, 6) is 1.62. The van der Waals surface area contributed by atoms with E-state index in [9.17, 15) is 5.11 Å². The highest BCUT2D eigenvalue weighted by molar-refractivity contribution is 5.70. The summed E-state index contributed by atoms with van der Waals surface area (Å²) in [4.78, 5) is 0. The van der Waals surface area contributed by atoms with Crippen LogP contribution in [0.3, 0.4) is 0 Å².